The summed E-state index contributed by atoms with van der Waals surface area (Å²) in [6, 6.07) is 16.3. The summed E-state index contributed by atoms with van der Waals surface area (Å²) < 4.78 is 0. The largest absolute Gasteiger partial charge is 0.508 e. The zero-order valence-corrected chi connectivity index (χ0v) is 11.3. The highest BCUT2D eigenvalue weighted by Crippen LogP contribution is 2.32. The predicted molar refractivity (Wildman–Crippen MR) is 76.1 cm³/mol. The molecule has 0 saturated heterocycles. The van der Waals surface area contributed by atoms with E-state index in [2.05, 4.69) is 45.0 Å². The van der Waals surface area contributed by atoms with Gasteiger partial charge in [0.05, 0.1) is 0 Å². The maximum absolute atomic E-state index is 9.36. The summed E-state index contributed by atoms with van der Waals surface area (Å²) >= 11 is 0. The number of aryl methyl sites for hydroxylation is 1. The maximum Gasteiger partial charge on any atom is 0.115 e. The van der Waals surface area contributed by atoms with Gasteiger partial charge in [-0.1, -0.05) is 57.2 Å². The average Bonchev–Trinajstić information content (AvgIpc) is 2.39. The standard InChI is InChI=1S/C17H20O/c1-4-13-5-7-14(8-6-13)17(2,3)15-9-11-16(18)12-10-15/h5-12,18H,4H2,1-3H3. The van der Waals surface area contributed by atoms with Gasteiger partial charge in [0, 0.05) is 5.41 Å². The fourth-order valence-electron chi connectivity index (χ4n) is 2.20. The molecule has 0 amide bonds. The van der Waals surface area contributed by atoms with E-state index in [1.165, 1.54) is 16.7 Å². The van der Waals surface area contributed by atoms with Gasteiger partial charge in [-0.05, 0) is 35.2 Å². The summed E-state index contributed by atoms with van der Waals surface area (Å²) in [5.41, 5.74) is 3.83. The zero-order chi connectivity index (χ0) is 13.2. The lowest BCUT2D eigenvalue weighted by Crippen LogP contribution is -2.18. The molecule has 0 bridgehead atoms. The first-order valence-electron chi connectivity index (χ1n) is 6.43. The van der Waals surface area contributed by atoms with E-state index < -0.39 is 0 Å². The Kier molecular flexibility index (Phi) is 3.42. The molecule has 1 nitrogen and oxygen atoms in total. The second-order valence-corrected chi connectivity index (χ2v) is 5.22. The van der Waals surface area contributed by atoms with Crippen LogP contribution in [0.4, 0.5) is 0 Å². The van der Waals surface area contributed by atoms with Crippen LogP contribution in [0.15, 0.2) is 48.5 Å². The topological polar surface area (TPSA) is 20.2 Å². The van der Waals surface area contributed by atoms with Crippen molar-refractivity contribution in [2.45, 2.75) is 32.6 Å². The van der Waals surface area contributed by atoms with Crippen LogP contribution in [0, 0.1) is 0 Å². The Bertz CT molecular complexity index is 506. The summed E-state index contributed by atoms with van der Waals surface area (Å²) in [7, 11) is 0. The summed E-state index contributed by atoms with van der Waals surface area (Å²) in [5.74, 6) is 0.316. The Balaban J connectivity index is 2.37. The summed E-state index contributed by atoms with van der Waals surface area (Å²) in [4.78, 5) is 0. The lowest BCUT2D eigenvalue weighted by molar-refractivity contribution is 0.474. The molecule has 0 saturated carbocycles. The Morgan fingerprint density at radius 1 is 0.833 bits per heavy atom. The first-order valence-corrected chi connectivity index (χ1v) is 6.43. The minimum Gasteiger partial charge on any atom is -0.508 e. The highest BCUT2D eigenvalue weighted by atomic mass is 16.3. The minimum absolute atomic E-state index is 0.0417. The fraction of sp³-hybridized carbons (Fsp3) is 0.294. The van der Waals surface area contributed by atoms with Gasteiger partial charge in [-0.3, -0.25) is 0 Å². The highest BCUT2D eigenvalue weighted by Gasteiger charge is 2.22. The van der Waals surface area contributed by atoms with Crippen LogP contribution in [0.2, 0.25) is 0 Å². The number of benzene rings is 2. The normalized spacial score (nSPS) is 11.5. The van der Waals surface area contributed by atoms with Gasteiger partial charge in [-0.15, -0.1) is 0 Å². The van der Waals surface area contributed by atoms with E-state index in [-0.39, 0.29) is 5.41 Å². The molecule has 0 aliphatic heterocycles. The van der Waals surface area contributed by atoms with Crippen molar-refractivity contribution in [3.8, 4) is 5.75 Å². The molecule has 94 valence electrons. The SMILES string of the molecule is CCc1ccc(C(C)(C)c2ccc(O)cc2)cc1. The molecule has 1 N–H and O–H groups in total. The van der Waals surface area contributed by atoms with Crippen molar-refractivity contribution >= 4 is 0 Å². The molecule has 2 rings (SSSR count). The van der Waals surface area contributed by atoms with Crippen molar-refractivity contribution in [1.29, 1.82) is 0 Å². The molecule has 0 aliphatic rings. The molecule has 0 aromatic heterocycles. The van der Waals surface area contributed by atoms with E-state index in [1.54, 1.807) is 12.1 Å². The number of phenols is 1. The third-order valence-corrected chi connectivity index (χ3v) is 3.67. The predicted octanol–water partition coefficient (Wildman–Crippen LogP) is 4.28. The number of hydrogen-bond acceptors (Lipinski definition) is 1. The van der Waals surface area contributed by atoms with Gasteiger partial charge in [0.15, 0.2) is 0 Å². The molecule has 0 radical (unpaired) electrons. The third kappa shape index (κ3) is 2.40. The number of phenolic OH excluding ortho intramolecular Hbond substituents is 1. The molecule has 0 aliphatic carbocycles. The fourth-order valence-corrected chi connectivity index (χ4v) is 2.20. The van der Waals surface area contributed by atoms with Gasteiger partial charge in [0.2, 0.25) is 0 Å². The minimum atomic E-state index is -0.0417. The van der Waals surface area contributed by atoms with Crippen LogP contribution in [0.3, 0.4) is 0 Å². The second kappa shape index (κ2) is 4.85. The Hall–Kier alpha value is -1.76. The highest BCUT2D eigenvalue weighted by molar-refractivity contribution is 5.40. The van der Waals surface area contributed by atoms with Gasteiger partial charge < -0.3 is 5.11 Å². The lowest BCUT2D eigenvalue weighted by atomic mass is 9.78. The van der Waals surface area contributed by atoms with Crippen molar-refractivity contribution in [2.24, 2.45) is 0 Å². The molecule has 0 heterocycles. The monoisotopic (exact) mass is 240 g/mol. The molecule has 2 aromatic carbocycles. The van der Waals surface area contributed by atoms with E-state index in [4.69, 9.17) is 0 Å². The van der Waals surface area contributed by atoms with Crippen LogP contribution in [-0.4, -0.2) is 5.11 Å². The quantitative estimate of drug-likeness (QED) is 0.849. The summed E-state index contributed by atoms with van der Waals surface area (Å²) in [6.07, 6.45) is 1.07. The third-order valence-electron chi connectivity index (χ3n) is 3.67. The van der Waals surface area contributed by atoms with E-state index in [0.717, 1.165) is 6.42 Å². The molecule has 0 fully saturated rings. The summed E-state index contributed by atoms with van der Waals surface area (Å²) in [6.45, 7) is 6.58. The van der Waals surface area contributed by atoms with E-state index in [9.17, 15) is 5.11 Å². The number of hydrogen-bond donors (Lipinski definition) is 1. The van der Waals surface area contributed by atoms with Crippen LogP contribution in [0.1, 0.15) is 37.5 Å². The molecule has 0 atom stereocenters. The molecule has 18 heavy (non-hydrogen) atoms. The van der Waals surface area contributed by atoms with Crippen molar-refractivity contribution in [1.82, 2.24) is 0 Å². The maximum atomic E-state index is 9.36. The smallest absolute Gasteiger partial charge is 0.115 e. The Morgan fingerprint density at radius 3 is 1.72 bits per heavy atom. The van der Waals surface area contributed by atoms with Crippen LogP contribution >= 0.6 is 0 Å². The Labute approximate surface area is 109 Å². The van der Waals surface area contributed by atoms with Gasteiger partial charge in [-0.25, -0.2) is 0 Å². The number of rotatable bonds is 3. The van der Waals surface area contributed by atoms with E-state index >= 15 is 0 Å². The first-order chi connectivity index (χ1) is 8.54. The average molecular weight is 240 g/mol. The molecule has 1 heteroatoms. The van der Waals surface area contributed by atoms with Crippen LogP contribution in [0.5, 0.6) is 5.75 Å². The molecule has 2 aromatic rings. The van der Waals surface area contributed by atoms with Crippen LogP contribution in [-0.2, 0) is 11.8 Å². The van der Waals surface area contributed by atoms with Crippen molar-refractivity contribution in [2.75, 3.05) is 0 Å². The van der Waals surface area contributed by atoms with Gasteiger partial charge in [-0.2, -0.15) is 0 Å². The molecular formula is C17H20O. The molecule has 0 spiro atoms. The molecular weight excluding hydrogens is 220 g/mol. The second-order valence-electron chi connectivity index (χ2n) is 5.22. The van der Waals surface area contributed by atoms with Gasteiger partial charge in [0.1, 0.15) is 5.75 Å². The zero-order valence-electron chi connectivity index (χ0n) is 11.3. The first kappa shape index (κ1) is 12.7. The lowest BCUT2D eigenvalue weighted by Gasteiger charge is -2.26. The van der Waals surface area contributed by atoms with Crippen molar-refractivity contribution in [3.05, 3.63) is 65.2 Å². The van der Waals surface area contributed by atoms with Crippen molar-refractivity contribution in [3.63, 3.8) is 0 Å². The van der Waals surface area contributed by atoms with Crippen molar-refractivity contribution < 1.29 is 5.11 Å². The molecule has 0 unspecified atom stereocenters. The van der Waals surface area contributed by atoms with Crippen LogP contribution < -0.4 is 0 Å². The van der Waals surface area contributed by atoms with E-state index in [0.29, 0.717) is 5.75 Å². The summed E-state index contributed by atoms with van der Waals surface area (Å²) in [5, 5.41) is 9.36. The van der Waals surface area contributed by atoms with Gasteiger partial charge in [0.25, 0.3) is 0 Å². The number of aromatic hydroxyl groups is 1. The van der Waals surface area contributed by atoms with E-state index in [1.807, 2.05) is 12.1 Å². The van der Waals surface area contributed by atoms with Crippen LogP contribution in [0.25, 0.3) is 0 Å². The Morgan fingerprint density at radius 2 is 1.28 bits per heavy atom. The van der Waals surface area contributed by atoms with Gasteiger partial charge >= 0.3 is 0 Å².